The quantitative estimate of drug-likeness (QED) is 0.400. The summed E-state index contributed by atoms with van der Waals surface area (Å²) < 4.78 is 6.31. The Labute approximate surface area is 210 Å². The van der Waals surface area contributed by atoms with Crippen LogP contribution in [0.3, 0.4) is 0 Å². The summed E-state index contributed by atoms with van der Waals surface area (Å²) >= 11 is 1.88. The van der Waals surface area contributed by atoms with Gasteiger partial charge in [0.2, 0.25) is 0 Å². The lowest BCUT2D eigenvalue weighted by molar-refractivity contribution is 0.0596. The van der Waals surface area contributed by atoms with Crippen LogP contribution in [0.1, 0.15) is 88.1 Å². The number of aliphatic hydroxyl groups is 1. The molecule has 2 aromatic carbocycles. The van der Waals surface area contributed by atoms with Crippen molar-refractivity contribution in [2.24, 2.45) is 0 Å². The molecule has 3 nitrogen and oxygen atoms in total. The molecule has 0 aromatic heterocycles. The van der Waals surface area contributed by atoms with Gasteiger partial charge in [0.15, 0.2) is 4.93 Å². The van der Waals surface area contributed by atoms with Gasteiger partial charge in [-0.1, -0.05) is 63.7 Å². The van der Waals surface area contributed by atoms with E-state index in [1.807, 2.05) is 11.8 Å². The number of rotatable bonds is 9. The number of halogens is 1. The molecule has 2 aliphatic heterocycles. The predicted molar refractivity (Wildman–Crippen MR) is 142 cm³/mol. The number of benzene rings is 2. The predicted octanol–water partition coefficient (Wildman–Crippen LogP) is 7.32. The molecule has 5 heteroatoms. The molecule has 2 aliphatic rings. The summed E-state index contributed by atoms with van der Waals surface area (Å²) in [6.45, 7) is 9.02. The van der Waals surface area contributed by atoms with Gasteiger partial charge in [0, 0.05) is 12.1 Å². The van der Waals surface area contributed by atoms with E-state index < -0.39 is 0 Å². The average Bonchev–Trinajstić information content (AvgIpc) is 3.43. The molecule has 182 valence electrons. The molecule has 0 bridgehead atoms. The minimum Gasteiger partial charge on any atom is -0.475 e. The highest BCUT2D eigenvalue weighted by Gasteiger charge is 2.39. The molecule has 1 saturated heterocycles. The fourth-order valence-corrected chi connectivity index (χ4v) is 6.74. The third-order valence-electron chi connectivity index (χ3n) is 7.63. The Morgan fingerprint density at radius 1 is 1.00 bits per heavy atom. The fraction of sp³-hybridized carbons (Fsp3) is 0.571. The van der Waals surface area contributed by atoms with Crippen LogP contribution in [0.15, 0.2) is 41.3 Å². The first-order chi connectivity index (χ1) is 15.6. The van der Waals surface area contributed by atoms with Crippen LogP contribution in [-0.2, 0) is 19.3 Å². The Kier molecular flexibility index (Phi) is 9.19. The zero-order valence-corrected chi connectivity index (χ0v) is 22.2. The molecule has 0 amide bonds. The molecule has 4 rings (SSSR count). The first-order valence-corrected chi connectivity index (χ1v) is 13.4. The smallest absolute Gasteiger partial charge is 0.158 e. The van der Waals surface area contributed by atoms with Crippen molar-refractivity contribution in [2.45, 2.75) is 101 Å². The SMILES string of the molecule is CCc1ccc(CCC2CCC(c3ccc4c(c3)SC(CC)(CC)O4)N2CO)cc1CC.Cl. The van der Waals surface area contributed by atoms with Crippen molar-refractivity contribution in [1.82, 2.24) is 4.90 Å². The Morgan fingerprint density at radius 3 is 2.42 bits per heavy atom. The summed E-state index contributed by atoms with van der Waals surface area (Å²) in [5, 5.41) is 10.3. The van der Waals surface area contributed by atoms with E-state index >= 15 is 0 Å². The average molecular weight is 490 g/mol. The second kappa shape index (κ2) is 11.5. The molecule has 1 N–H and O–H groups in total. The molecule has 0 saturated carbocycles. The molecular weight excluding hydrogens is 450 g/mol. The minimum atomic E-state index is -0.111. The summed E-state index contributed by atoms with van der Waals surface area (Å²) in [4.78, 5) is 3.46. The summed E-state index contributed by atoms with van der Waals surface area (Å²) in [5.74, 6) is 1.02. The summed E-state index contributed by atoms with van der Waals surface area (Å²) in [6.07, 6.45) is 8.65. The highest BCUT2D eigenvalue weighted by Crippen LogP contribution is 2.52. The van der Waals surface area contributed by atoms with Crippen LogP contribution < -0.4 is 4.74 Å². The van der Waals surface area contributed by atoms with Gasteiger partial charge in [-0.25, -0.2) is 0 Å². The van der Waals surface area contributed by atoms with E-state index in [2.05, 4.69) is 69.0 Å². The maximum atomic E-state index is 10.3. The number of likely N-dealkylation sites (tertiary alicyclic amines) is 1. The van der Waals surface area contributed by atoms with Crippen molar-refractivity contribution < 1.29 is 9.84 Å². The van der Waals surface area contributed by atoms with Crippen LogP contribution in [0, 0.1) is 0 Å². The van der Waals surface area contributed by atoms with Crippen LogP contribution in [-0.4, -0.2) is 27.7 Å². The molecule has 2 heterocycles. The number of nitrogens with zero attached hydrogens (tertiary/aromatic N) is 1. The molecule has 33 heavy (non-hydrogen) atoms. The molecule has 0 spiro atoms. The Balaban J connectivity index is 0.00000306. The first kappa shape index (κ1) is 26.4. The zero-order chi connectivity index (χ0) is 22.7. The number of hydrogen-bond donors (Lipinski definition) is 1. The maximum absolute atomic E-state index is 10.3. The van der Waals surface area contributed by atoms with E-state index in [-0.39, 0.29) is 24.1 Å². The lowest BCUT2D eigenvalue weighted by Crippen LogP contribution is -2.32. The third kappa shape index (κ3) is 5.40. The second-order valence-electron chi connectivity index (χ2n) is 9.28. The Morgan fingerprint density at radius 2 is 1.76 bits per heavy atom. The van der Waals surface area contributed by atoms with E-state index in [9.17, 15) is 5.11 Å². The van der Waals surface area contributed by atoms with Crippen LogP contribution in [0.25, 0.3) is 0 Å². The van der Waals surface area contributed by atoms with Gasteiger partial charge in [-0.05, 0) is 85.8 Å². The fourth-order valence-electron chi connectivity index (χ4n) is 5.52. The number of fused-ring (bicyclic) bond motifs is 1. The highest BCUT2D eigenvalue weighted by molar-refractivity contribution is 8.00. The minimum absolute atomic E-state index is 0. The number of thioether (sulfide) groups is 1. The maximum Gasteiger partial charge on any atom is 0.158 e. The van der Waals surface area contributed by atoms with E-state index in [0.717, 1.165) is 57.1 Å². The Bertz CT molecular complexity index is 930. The van der Waals surface area contributed by atoms with Crippen LogP contribution in [0.2, 0.25) is 0 Å². The van der Waals surface area contributed by atoms with Gasteiger partial charge >= 0.3 is 0 Å². The van der Waals surface area contributed by atoms with E-state index in [4.69, 9.17) is 4.74 Å². The van der Waals surface area contributed by atoms with Crippen molar-refractivity contribution in [3.8, 4) is 5.75 Å². The molecule has 2 unspecified atom stereocenters. The van der Waals surface area contributed by atoms with Crippen molar-refractivity contribution in [2.75, 3.05) is 6.73 Å². The number of aryl methyl sites for hydroxylation is 3. The topological polar surface area (TPSA) is 32.7 Å². The van der Waals surface area contributed by atoms with E-state index in [0.29, 0.717) is 12.1 Å². The number of aliphatic hydroxyl groups excluding tert-OH is 1. The van der Waals surface area contributed by atoms with Crippen LogP contribution in [0.4, 0.5) is 0 Å². The molecule has 0 radical (unpaired) electrons. The first-order valence-electron chi connectivity index (χ1n) is 12.6. The molecule has 0 aliphatic carbocycles. The molecular formula is C28H40ClNO2S. The largest absolute Gasteiger partial charge is 0.475 e. The van der Waals surface area contributed by atoms with Crippen LogP contribution in [0.5, 0.6) is 5.75 Å². The molecule has 2 atom stereocenters. The normalized spacial score (nSPS) is 21.5. The summed E-state index contributed by atoms with van der Waals surface area (Å²) in [6, 6.07) is 14.4. The lowest BCUT2D eigenvalue weighted by Gasteiger charge is -2.28. The second-order valence-corrected chi connectivity index (χ2v) is 10.7. The monoisotopic (exact) mass is 489 g/mol. The lowest BCUT2D eigenvalue weighted by atomic mass is 9.96. The summed E-state index contributed by atoms with van der Waals surface area (Å²) in [5.41, 5.74) is 5.71. The van der Waals surface area contributed by atoms with Gasteiger partial charge in [0.1, 0.15) is 5.75 Å². The van der Waals surface area contributed by atoms with E-state index in [1.165, 1.54) is 27.1 Å². The van der Waals surface area contributed by atoms with Crippen molar-refractivity contribution in [3.63, 3.8) is 0 Å². The number of ether oxygens (including phenoxy) is 1. The molecule has 2 aromatic rings. The van der Waals surface area contributed by atoms with Crippen molar-refractivity contribution in [3.05, 3.63) is 58.7 Å². The van der Waals surface area contributed by atoms with Crippen molar-refractivity contribution >= 4 is 24.2 Å². The zero-order valence-electron chi connectivity index (χ0n) is 20.6. The third-order valence-corrected chi connectivity index (χ3v) is 9.20. The van der Waals surface area contributed by atoms with Crippen molar-refractivity contribution in [1.29, 1.82) is 0 Å². The van der Waals surface area contributed by atoms with Crippen LogP contribution >= 0.6 is 24.2 Å². The van der Waals surface area contributed by atoms with Gasteiger partial charge < -0.3 is 9.84 Å². The Hall–Kier alpha value is -1.20. The van der Waals surface area contributed by atoms with Gasteiger partial charge in [-0.3, -0.25) is 4.90 Å². The van der Waals surface area contributed by atoms with Gasteiger partial charge in [0.05, 0.1) is 11.6 Å². The molecule has 1 fully saturated rings. The highest BCUT2D eigenvalue weighted by atomic mass is 35.5. The standard InChI is InChI=1S/C28H39NO2S.ClH/c1-5-21-11-9-20(17-22(21)6-2)10-13-24-14-15-25(29(24)19-30)23-12-16-26-27(18-23)32-28(7-3,8-4)31-26;/h9,11-12,16-18,24-25,30H,5-8,10,13-15,19H2,1-4H3;1H. The van der Waals surface area contributed by atoms with E-state index in [1.54, 1.807) is 0 Å². The number of hydrogen-bond acceptors (Lipinski definition) is 4. The van der Waals surface area contributed by atoms with Gasteiger partial charge in [-0.2, -0.15) is 0 Å². The van der Waals surface area contributed by atoms with Gasteiger partial charge in [-0.15, -0.1) is 12.4 Å². The summed E-state index contributed by atoms with van der Waals surface area (Å²) in [7, 11) is 0. The van der Waals surface area contributed by atoms with Gasteiger partial charge in [0.25, 0.3) is 0 Å².